The topological polar surface area (TPSA) is 62.3 Å². The quantitative estimate of drug-likeness (QED) is 0.912. The molecule has 0 radical (unpaired) electrons. The molecule has 2 aromatic rings. The molecule has 6 heteroatoms. The van der Waals surface area contributed by atoms with Crippen molar-refractivity contribution >= 4 is 20.9 Å². The molecule has 1 N–H and O–H groups in total. The van der Waals surface area contributed by atoms with E-state index in [0.29, 0.717) is 12.1 Å². The van der Waals surface area contributed by atoms with Crippen LogP contribution in [0, 0.1) is 6.92 Å². The van der Waals surface area contributed by atoms with E-state index in [4.69, 9.17) is 0 Å². The summed E-state index contributed by atoms with van der Waals surface area (Å²) in [5.74, 6) is 0. The van der Waals surface area contributed by atoms with Gasteiger partial charge in [0.1, 0.15) is 4.90 Å². The monoisotopic (exact) mass is 333 g/mol. The van der Waals surface area contributed by atoms with E-state index >= 15 is 0 Å². The van der Waals surface area contributed by atoms with Gasteiger partial charge in [-0.05, 0) is 57.5 Å². The first-order chi connectivity index (χ1) is 11.0. The van der Waals surface area contributed by atoms with Crippen LogP contribution in [0.2, 0.25) is 0 Å². The van der Waals surface area contributed by atoms with Gasteiger partial charge in [0, 0.05) is 24.2 Å². The molecule has 0 aliphatic carbocycles. The predicted molar refractivity (Wildman–Crippen MR) is 91.9 cm³/mol. The smallest absolute Gasteiger partial charge is 0.242 e. The number of nitrogens with zero attached hydrogens (tertiary/aromatic N) is 2. The number of rotatable bonds is 5. The van der Waals surface area contributed by atoms with E-state index in [1.807, 2.05) is 19.1 Å². The molecule has 0 unspecified atom stereocenters. The minimum Gasteiger partial charge on any atom is -0.299 e. The second-order valence-corrected chi connectivity index (χ2v) is 8.02. The molecule has 1 atom stereocenters. The summed E-state index contributed by atoms with van der Waals surface area (Å²) in [5.41, 5.74) is 1.54. The second-order valence-electron chi connectivity index (χ2n) is 6.28. The first kappa shape index (κ1) is 16.4. The average molecular weight is 333 g/mol. The van der Waals surface area contributed by atoms with Crippen molar-refractivity contribution in [2.24, 2.45) is 0 Å². The van der Waals surface area contributed by atoms with Gasteiger partial charge in [-0.1, -0.05) is 12.1 Å². The highest BCUT2D eigenvalue weighted by atomic mass is 32.2. The molecule has 23 heavy (non-hydrogen) atoms. The van der Waals surface area contributed by atoms with Gasteiger partial charge in [-0.3, -0.25) is 9.88 Å². The Morgan fingerprint density at radius 2 is 2.04 bits per heavy atom. The normalized spacial score (nSPS) is 17.7. The van der Waals surface area contributed by atoms with E-state index in [1.54, 1.807) is 18.3 Å². The van der Waals surface area contributed by atoms with Gasteiger partial charge in [-0.2, -0.15) is 0 Å². The van der Waals surface area contributed by atoms with Crippen LogP contribution in [-0.2, 0) is 10.0 Å². The number of aryl methyl sites for hydroxylation is 1. The van der Waals surface area contributed by atoms with Gasteiger partial charge in [0.2, 0.25) is 10.0 Å². The Labute approximate surface area is 137 Å². The van der Waals surface area contributed by atoms with Gasteiger partial charge in [0.25, 0.3) is 0 Å². The first-order valence-corrected chi connectivity index (χ1v) is 9.55. The Balaban J connectivity index is 1.82. The van der Waals surface area contributed by atoms with Gasteiger partial charge in [-0.15, -0.1) is 0 Å². The van der Waals surface area contributed by atoms with Crippen molar-refractivity contribution in [2.45, 2.75) is 37.6 Å². The maximum Gasteiger partial charge on any atom is 0.242 e. The number of para-hydroxylation sites is 1. The zero-order valence-corrected chi connectivity index (χ0v) is 14.4. The van der Waals surface area contributed by atoms with Crippen molar-refractivity contribution in [3.05, 3.63) is 36.0 Å². The van der Waals surface area contributed by atoms with Crippen LogP contribution in [0.4, 0.5) is 0 Å². The van der Waals surface area contributed by atoms with Crippen molar-refractivity contribution < 1.29 is 8.42 Å². The number of aromatic nitrogens is 1. The number of nitrogens with one attached hydrogen (secondary N) is 1. The van der Waals surface area contributed by atoms with Crippen molar-refractivity contribution in [3.8, 4) is 0 Å². The lowest BCUT2D eigenvalue weighted by molar-refractivity contribution is 0.260. The van der Waals surface area contributed by atoms with Crippen LogP contribution in [0.15, 0.2) is 35.4 Å². The molecule has 0 amide bonds. The molecule has 1 aromatic carbocycles. The fourth-order valence-electron chi connectivity index (χ4n) is 3.08. The maximum atomic E-state index is 12.7. The summed E-state index contributed by atoms with van der Waals surface area (Å²) in [4.78, 5) is 6.90. The van der Waals surface area contributed by atoms with Crippen LogP contribution >= 0.6 is 0 Å². The Hall–Kier alpha value is -1.50. The van der Waals surface area contributed by atoms with Crippen molar-refractivity contribution in [2.75, 3.05) is 19.6 Å². The summed E-state index contributed by atoms with van der Waals surface area (Å²) in [6.45, 7) is 6.54. The molecule has 2 heterocycles. The molecule has 5 nitrogen and oxygen atoms in total. The summed E-state index contributed by atoms with van der Waals surface area (Å²) in [5, 5.41) is 0.848. The minimum atomic E-state index is -3.56. The third-order valence-electron chi connectivity index (χ3n) is 4.43. The summed E-state index contributed by atoms with van der Waals surface area (Å²) >= 11 is 0. The molecule has 0 bridgehead atoms. The molecule has 1 aliphatic heterocycles. The fraction of sp³-hybridized carbons (Fsp3) is 0.471. The van der Waals surface area contributed by atoms with Crippen LogP contribution in [0.1, 0.15) is 25.3 Å². The van der Waals surface area contributed by atoms with Crippen LogP contribution in [-0.4, -0.2) is 44.0 Å². The maximum absolute atomic E-state index is 12.7. The zero-order chi connectivity index (χ0) is 16.4. The molecule has 1 fully saturated rings. The number of pyridine rings is 1. The molecule has 0 saturated carbocycles. The minimum absolute atomic E-state index is 0.206. The van der Waals surface area contributed by atoms with Crippen molar-refractivity contribution in [1.82, 2.24) is 14.6 Å². The van der Waals surface area contributed by atoms with Gasteiger partial charge >= 0.3 is 0 Å². The Morgan fingerprint density at radius 1 is 1.30 bits per heavy atom. The number of benzene rings is 1. The Kier molecular flexibility index (Phi) is 4.66. The van der Waals surface area contributed by atoms with Crippen molar-refractivity contribution in [3.63, 3.8) is 0 Å². The van der Waals surface area contributed by atoms with Gasteiger partial charge in [0.05, 0.1) is 5.52 Å². The number of sulfonamides is 1. The molecule has 1 aromatic heterocycles. The van der Waals surface area contributed by atoms with Crippen LogP contribution in [0.3, 0.4) is 0 Å². The summed E-state index contributed by atoms with van der Waals surface area (Å²) < 4.78 is 28.1. The average Bonchev–Trinajstić information content (AvgIpc) is 3.06. The number of hydrogen-bond donors (Lipinski definition) is 1. The summed E-state index contributed by atoms with van der Waals surface area (Å²) in [6.07, 6.45) is 4.10. The molecule has 3 rings (SSSR count). The lowest BCUT2D eigenvalue weighted by atomic mass is 10.2. The largest absolute Gasteiger partial charge is 0.299 e. The lowest BCUT2D eigenvalue weighted by Gasteiger charge is -2.23. The molecule has 1 saturated heterocycles. The highest BCUT2D eigenvalue weighted by Crippen LogP contribution is 2.21. The molecule has 124 valence electrons. The van der Waals surface area contributed by atoms with Crippen molar-refractivity contribution in [1.29, 1.82) is 0 Å². The second kappa shape index (κ2) is 6.55. The van der Waals surface area contributed by atoms with Gasteiger partial charge in [-0.25, -0.2) is 13.1 Å². The van der Waals surface area contributed by atoms with Crippen LogP contribution in [0.25, 0.3) is 10.9 Å². The Morgan fingerprint density at radius 3 is 2.78 bits per heavy atom. The number of hydrogen-bond acceptors (Lipinski definition) is 4. The van der Waals surface area contributed by atoms with E-state index in [0.717, 1.165) is 24.0 Å². The van der Waals surface area contributed by atoms with E-state index < -0.39 is 10.0 Å². The SMILES string of the molecule is Cc1cnc2c(S(=O)(=O)NC[C@H](C)N3CCCC3)cccc2c1. The van der Waals surface area contributed by atoms with E-state index in [2.05, 4.69) is 21.5 Å². The number of fused-ring (bicyclic) bond motifs is 1. The summed E-state index contributed by atoms with van der Waals surface area (Å²) in [7, 11) is -3.56. The highest BCUT2D eigenvalue weighted by Gasteiger charge is 2.22. The third-order valence-corrected chi connectivity index (χ3v) is 5.89. The van der Waals surface area contributed by atoms with E-state index in [9.17, 15) is 8.42 Å². The molecule has 1 aliphatic rings. The third kappa shape index (κ3) is 3.54. The van der Waals surface area contributed by atoms with Crippen LogP contribution < -0.4 is 4.72 Å². The van der Waals surface area contributed by atoms with Gasteiger partial charge in [0.15, 0.2) is 0 Å². The molecular formula is C17H23N3O2S. The Bertz CT molecular complexity index is 799. The van der Waals surface area contributed by atoms with Gasteiger partial charge < -0.3 is 0 Å². The van der Waals surface area contributed by atoms with E-state index in [1.165, 1.54) is 12.8 Å². The standard InChI is InChI=1S/C17H23N3O2S/c1-13-10-15-6-5-7-16(17(15)18-11-13)23(21,22)19-12-14(2)20-8-3-4-9-20/h5-7,10-11,14,19H,3-4,8-9,12H2,1-2H3/t14-/m0/s1. The fourth-order valence-corrected chi connectivity index (χ4v) is 4.38. The number of likely N-dealkylation sites (tertiary alicyclic amines) is 1. The molecular weight excluding hydrogens is 310 g/mol. The zero-order valence-electron chi connectivity index (χ0n) is 13.6. The van der Waals surface area contributed by atoms with Crippen LogP contribution in [0.5, 0.6) is 0 Å². The molecule has 0 spiro atoms. The summed E-state index contributed by atoms with van der Waals surface area (Å²) in [6, 6.07) is 7.43. The highest BCUT2D eigenvalue weighted by molar-refractivity contribution is 7.89. The van der Waals surface area contributed by atoms with E-state index in [-0.39, 0.29) is 10.9 Å². The predicted octanol–water partition coefficient (Wildman–Crippen LogP) is 2.31. The lowest BCUT2D eigenvalue weighted by Crippen LogP contribution is -2.40. The first-order valence-electron chi connectivity index (χ1n) is 8.06.